The molecule has 1 aromatic heterocycles. The lowest BCUT2D eigenvalue weighted by Gasteiger charge is -2.38. The molecule has 3 atom stereocenters. The first-order chi connectivity index (χ1) is 18.7. The first-order valence-electron chi connectivity index (χ1n) is 12.8. The number of carboxylic acid groups (broad SMARTS) is 1. The van der Waals surface area contributed by atoms with E-state index in [2.05, 4.69) is 9.88 Å². The van der Waals surface area contributed by atoms with E-state index < -0.39 is 35.3 Å². The zero-order valence-corrected chi connectivity index (χ0v) is 22.3. The summed E-state index contributed by atoms with van der Waals surface area (Å²) in [7, 11) is 1.53. The number of nitrogens with zero attached hydrogens (tertiary/aromatic N) is 2. The van der Waals surface area contributed by atoms with Gasteiger partial charge in [-0.05, 0) is 61.9 Å². The number of methoxy groups -OCH3 is 1. The van der Waals surface area contributed by atoms with Crippen LogP contribution in [0.2, 0.25) is 0 Å². The molecule has 0 bridgehead atoms. The molecule has 3 N–H and O–H groups in total. The predicted molar refractivity (Wildman–Crippen MR) is 142 cm³/mol. The summed E-state index contributed by atoms with van der Waals surface area (Å²) >= 11 is 1.02. The normalized spacial score (nSPS) is 18.8. The van der Waals surface area contributed by atoms with Crippen molar-refractivity contribution in [3.8, 4) is 5.75 Å². The fourth-order valence-electron chi connectivity index (χ4n) is 5.33. The second-order valence-electron chi connectivity index (χ2n) is 9.84. The lowest BCUT2D eigenvalue weighted by Crippen LogP contribution is -2.42. The number of fused-ring (bicyclic) bond motifs is 1. The summed E-state index contributed by atoms with van der Waals surface area (Å²) in [6, 6.07) is 6.09. The smallest absolute Gasteiger partial charge is 0.303 e. The summed E-state index contributed by atoms with van der Waals surface area (Å²) in [5.74, 6) is -3.63. The molecule has 0 aliphatic carbocycles. The second kappa shape index (κ2) is 13.0. The average Bonchev–Trinajstić information content (AvgIpc) is 2.90. The maximum atomic E-state index is 14.8. The van der Waals surface area contributed by atoms with E-state index in [1.807, 2.05) is 0 Å². The minimum atomic E-state index is -1.23. The molecule has 210 valence electrons. The van der Waals surface area contributed by atoms with Crippen LogP contribution >= 0.6 is 11.8 Å². The quantitative estimate of drug-likeness (QED) is 0.173. The molecule has 6 nitrogen and oxygen atoms in total. The summed E-state index contributed by atoms with van der Waals surface area (Å²) in [5.41, 5.74) is 7.45. The molecule has 0 saturated carbocycles. The van der Waals surface area contributed by atoms with E-state index in [1.54, 1.807) is 18.2 Å². The molecular weight excluding hydrogens is 534 g/mol. The van der Waals surface area contributed by atoms with E-state index in [0.29, 0.717) is 66.5 Å². The van der Waals surface area contributed by atoms with Gasteiger partial charge in [-0.25, -0.2) is 17.6 Å². The summed E-state index contributed by atoms with van der Waals surface area (Å²) in [6.07, 6.45) is 2.97. The number of hydrogen-bond donors (Lipinski definition) is 2. The van der Waals surface area contributed by atoms with Crippen LogP contribution in [0.3, 0.4) is 0 Å². The molecule has 1 saturated heterocycles. The SMILES string of the molecule is COc1ccc2ncc(F)c([C@H](N)CCC3CCN(CCSc4cc(F)cc(F)c4F)CC3CC(=O)O)c2c1. The fourth-order valence-corrected chi connectivity index (χ4v) is 6.32. The van der Waals surface area contributed by atoms with E-state index in [-0.39, 0.29) is 23.2 Å². The third kappa shape index (κ3) is 7.20. The third-order valence-electron chi connectivity index (χ3n) is 7.32. The van der Waals surface area contributed by atoms with Crippen LogP contribution in [-0.4, -0.2) is 53.5 Å². The van der Waals surface area contributed by atoms with Gasteiger partial charge < -0.3 is 20.5 Å². The zero-order valence-electron chi connectivity index (χ0n) is 21.5. The van der Waals surface area contributed by atoms with Crippen molar-refractivity contribution in [2.45, 2.75) is 36.6 Å². The van der Waals surface area contributed by atoms with Gasteiger partial charge in [-0.2, -0.15) is 0 Å². The largest absolute Gasteiger partial charge is 0.497 e. The number of carboxylic acids is 1. The van der Waals surface area contributed by atoms with Gasteiger partial charge in [0.2, 0.25) is 0 Å². The summed E-state index contributed by atoms with van der Waals surface area (Å²) in [5, 5.41) is 10.1. The van der Waals surface area contributed by atoms with E-state index >= 15 is 0 Å². The Morgan fingerprint density at radius 1 is 1.21 bits per heavy atom. The monoisotopic (exact) mass is 565 g/mol. The van der Waals surface area contributed by atoms with Crippen LogP contribution < -0.4 is 10.5 Å². The van der Waals surface area contributed by atoms with Gasteiger partial charge in [0.25, 0.3) is 0 Å². The number of hydrogen-bond acceptors (Lipinski definition) is 6. The van der Waals surface area contributed by atoms with Gasteiger partial charge >= 0.3 is 5.97 Å². The first kappa shape index (κ1) is 29.1. The number of pyridine rings is 1. The van der Waals surface area contributed by atoms with Gasteiger partial charge in [-0.1, -0.05) is 0 Å². The molecule has 0 amide bonds. The lowest BCUT2D eigenvalue weighted by molar-refractivity contribution is -0.139. The highest BCUT2D eigenvalue weighted by molar-refractivity contribution is 7.99. The Hall–Kier alpha value is -2.89. The van der Waals surface area contributed by atoms with Crippen molar-refractivity contribution < 1.29 is 32.2 Å². The molecule has 2 aromatic carbocycles. The van der Waals surface area contributed by atoms with Crippen LogP contribution in [-0.2, 0) is 4.79 Å². The van der Waals surface area contributed by atoms with Crippen LogP contribution in [0.4, 0.5) is 17.6 Å². The van der Waals surface area contributed by atoms with Crippen molar-refractivity contribution in [2.24, 2.45) is 17.6 Å². The molecule has 0 radical (unpaired) electrons. The Labute approximate surface area is 228 Å². The van der Waals surface area contributed by atoms with E-state index in [4.69, 9.17) is 10.5 Å². The van der Waals surface area contributed by atoms with Crippen molar-refractivity contribution in [1.82, 2.24) is 9.88 Å². The highest BCUT2D eigenvalue weighted by atomic mass is 32.2. The molecule has 11 heteroatoms. The Bertz CT molecular complexity index is 1330. The van der Waals surface area contributed by atoms with Gasteiger partial charge in [-0.3, -0.25) is 9.78 Å². The van der Waals surface area contributed by atoms with Crippen molar-refractivity contribution in [3.63, 3.8) is 0 Å². The summed E-state index contributed by atoms with van der Waals surface area (Å²) < 4.78 is 61.0. The Balaban J connectivity index is 1.38. The molecule has 4 rings (SSSR count). The highest BCUT2D eigenvalue weighted by Crippen LogP contribution is 2.35. The molecule has 39 heavy (non-hydrogen) atoms. The fraction of sp³-hybridized carbons (Fsp3) is 0.429. The van der Waals surface area contributed by atoms with Crippen LogP contribution in [0.25, 0.3) is 10.9 Å². The van der Waals surface area contributed by atoms with Gasteiger partial charge in [0.15, 0.2) is 11.6 Å². The Morgan fingerprint density at radius 3 is 2.74 bits per heavy atom. The van der Waals surface area contributed by atoms with E-state index in [0.717, 1.165) is 30.4 Å². The number of nitrogens with two attached hydrogens (primary N) is 1. The molecule has 1 fully saturated rings. The number of benzene rings is 2. The van der Waals surface area contributed by atoms with Gasteiger partial charge in [0.05, 0.1) is 18.8 Å². The predicted octanol–water partition coefficient (Wildman–Crippen LogP) is 5.78. The van der Waals surface area contributed by atoms with Gasteiger partial charge in [-0.15, -0.1) is 11.8 Å². The molecule has 1 aliphatic heterocycles. The maximum Gasteiger partial charge on any atom is 0.303 e. The maximum absolute atomic E-state index is 14.8. The van der Waals surface area contributed by atoms with Crippen LogP contribution in [0.15, 0.2) is 41.4 Å². The summed E-state index contributed by atoms with van der Waals surface area (Å²) in [6.45, 7) is 1.73. The molecule has 1 aliphatic rings. The topological polar surface area (TPSA) is 88.7 Å². The number of aliphatic carboxylic acids is 1. The summed E-state index contributed by atoms with van der Waals surface area (Å²) in [4.78, 5) is 17.7. The van der Waals surface area contributed by atoms with E-state index in [1.165, 1.54) is 7.11 Å². The van der Waals surface area contributed by atoms with E-state index in [9.17, 15) is 27.5 Å². The first-order valence-corrected chi connectivity index (χ1v) is 13.7. The standard InChI is InChI=1S/C28H31F4N3O3S/c1-38-19-3-5-24-20(13-19)27(22(31)14-34-24)23(33)4-2-16-6-7-35(15-17(16)10-26(36)37)8-9-39-25-12-18(29)11-21(30)28(25)32/h3,5,11-14,16-17,23H,2,4,6-10,15,33H2,1H3,(H,36,37)/t16?,17?,23-/m1/s1. The number of rotatable bonds is 11. The highest BCUT2D eigenvalue weighted by Gasteiger charge is 2.31. The number of likely N-dealkylation sites (tertiary alicyclic amines) is 1. The minimum Gasteiger partial charge on any atom is -0.497 e. The molecular formula is C28H31F4N3O3S. The molecule has 0 spiro atoms. The number of carbonyl (C=O) groups is 1. The van der Waals surface area contributed by atoms with Crippen LogP contribution in [0, 0.1) is 35.1 Å². The Kier molecular flexibility index (Phi) is 9.68. The molecule has 2 heterocycles. The third-order valence-corrected chi connectivity index (χ3v) is 8.32. The van der Waals surface area contributed by atoms with Gasteiger partial charge in [0, 0.05) is 53.2 Å². The second-order valence-corrected chi connectivity index (χ2v) is 11.0. The Morgan fingerprint density at radius 2 is 2.00 bits per heavy atom. The van der Waals surface area contributed by atoms with Crippen LogP contribution in [0.1, 0.15) is 37.3 Å². The average molecular weight is 566 g/mol. The van der Waals surface area contributed by atoms with Crippen LogP contribution in [0.5, 0.6) is 5.75 Å². The van der Waals surface area contributed by atoms with Crippen molar-refractivity contribution >= 4 is 28.6 Å². The number of aromatic nitrogens is 1. The minimum absolute atomic E-state index is 0.0168. The molecule has 2 unspecified atom stereocenters. The van der Waals surface area contributed by atoms with Crippen molar-refractivity contribution in [3.05, 3.63) is 65.4 Å². The number of piperidine rings is 1. The van der Waals surface area contributed by atoms with Gasteiger partial charge in [0.1, 0.15) is 17.4 Å². The zero-order chi connectivity index (χ0) is 28.1. The van der Waals surface area contributed by atoms with Crippen molar-refractivity contribution in [1.29, 1.82) is 0 Å². The van der Waals surface area contributed by atoms with Crippen molar-refractivity contribution in [2.75, 3.05) is 32.5 Å². The lowest BCUT2D eigenvalue weighted by atomic mass is 9.79. The number of ether oxygens (including phenoxy) is 1. The number of halogens is 4. The number of thioether (sulfide) groups is 1. The molecule has 3 aromatic rings.